The first kappa shape index (κ1) is 15.1. The Morgan fingerprint density at radius 1 is 1.44 bits per heavy atom. The third-order valence-corrected chi connectivity index (χ3v) is 4.78. The molecule has 1 aromatic rings. The molecule has 5 nitrogen and oxygen atoms in total. The number of rotatable bonds is 5. The molecule has 1 rings (SSSR count). The van der Waals surface area contributed by atoms with Crippen LogP contribution in [0.4, 0.5) is 5.69 Å². The summed E-state index contributed by atoms with van der Waals surface area (Å²) in [5, 5.41) is 0.294. The number of thioether (sulfide) groups is 1. The molecule has 0 aliphatic carbocycles. The molecule has 0 saturated carbocycles. The summed E-state index contributed by atoms with van der Waals surface area (Å²) in [7, 11) is -3.05. The van der Waals surface area contributed by atoms with Gasteiger partial charge in [-0.15, -0.1) is 11.8 Å². The van der Waals surface area contributed by atoms with Gasteiger partial charge in [0.1, 0.15) is 9.84 Å². The van der Waals surface area contributed by atoms with E-state index >= 15 is 0 Å². The maximum atomic E-state index is 11.3. The summed E-state index contributed by atoms with van der Waals surface area (Å²) in [5.74, 6) is -0.356. The molecule has 0 aliphatic rings. The summed E-state index contributed by atoms with van der Waals surface area (Å²) in [5.41, 5.74) is 11.3. The second kappa shape index (κ2) is 5.81. The quantitative estimate of drug-likeness (QED) is 0.627. The maximum absolute atomic E-state index is 11.3. The average Bonchev–Trinajstić information content (AvgIpc) is 2.18. The van der Waals surface area contributed by atoms with Crippen molar-refractivity contribution in [3.05, 3.63) is 22.7 Å². The smallest absolute Gasteiger partial charge is 0.249 e. The van der Waals surface area contributed by atoms with Gasteiger partial charge in [0.15, 0.2) is 0 Å². The lowest BCUT2D eigenvalue weighted by Crippen LogP contribution is -2.13. The van der Waals surface area contributed by atoms with Gasteiger partial charge in [0.2, 0.25) is 5.91 Å². The molecule has 0 heterocycles. The fourth-order valence-electron chi connectivity index (χ4n) is 1.24. The zero-order valence-electron chi connectivity index (χ0n) is 9.64. The molecule has 0 unspecified atom stereocenters. The monoisotopic (exact) mass is 308 g/mol. The first-order valence-electron chi connectivity index (χ1n) is 4.90. The van der Waals surface area contributed by atoms with Gasteiger partial charge in [0.25, 0.3) is 0 Å². The van der Waals surface area contributed by atoms with Gasteiger partial charge in [0, 0.05) is 22.6 Å². The summed E-state index contributed by atoms with van der Waals surface area (Å²) in [6.07, 6.45) is 1.15. The molecule has 4 N–H and O–H groups in total. The first-order chi connectivity index (χ1) is 8.20. The van der Waals surface area contributed by atoms with Crippen molar-refractivity contribution in [1.82, 2.24) is 0 Å². The van der Waals surface area contributed by atoms with E-state index in [1.807, 2.05) is 0 Å². The minimum atomic E-state index is -3.05. The van der Waals surface area contributed by atoms with Crippen molar-refractivity contribution in [3.8, 4) is 0 Å². The van der Waals surface area contributed by atoms with Crippen molar-refractivity contribution in [2.45, 2.75) is 4.90 Å². The third-order valence-electron chi connectivity index (χ3n) is 2.03. The Hall–Kier alpha value is -0.920. The van der Waals surface area contributed by atoms with Crippen molar-refractivity contribution in [2.24, 2.45) is 5.73 Å². The normalized spacial score (nSPS) is 11.4. The van der Waals surface area contributed by atoms with Gasteiger partial charge >= 0.3 is 0 Å². The van der Waals surface area contributed by atoms with Crippen molar-refractivity contribution in [2.75, 3.05) is 23.5 Å². The summed E-state index contributed by atoms with van der Waals surface area (Å²) >= 11 is 7.14. The first-order valence-corrected chi connectivity index (χ1v) is 8.32. The van der Waals surface area contributed by atoms with Crippen molar-refractivity contribution in [1.29, 1.82) is 0 Å². The number of hydrogen-bond donors (Lipinski definition) is 2. The van der Waals surface area contributed by atoms with E-state index in [2.05, 4.69) is 0 Å². The lowest BCUT2D eigenvalue weighted by atomic mass is 10.2. The Morgan fingerprint density at radius 3 is 2.56 bits per heavy atom. The number of primary amides is 1. The molecule has 0 fully saturated rings. The molecule has 0 aliphatic heterocycles. The number of sulfone groups is 1. The average molecular weight is 309 g/mol. The fourth-order valence-corrected chi connectivity index (χ4v) is 3.89. The van der Waals surface area contributed by atoms with Crippen LogP contribution in [0, 0.1) is 0 Å². The molecule has 0 spiro atoms. The van der Waals surface area contributed by atoms with Crippen LogP contribution >= 0.6 is 23.4 Å². The highest BCUT2D eigenvalue weighted by molar-refractivity contribution is 8.00. The standard InChI is InChI=1S/C10H13ClN2O3S2/c1-18(15,16)3-2-17-9-7(10(13)14)4-6(12)5-8(9)11/h4-5H,2-3,12H2,1H3,(H2,13,14). The SMILES string of the molecule is CS(=O)(=O)CCSc1c(Cl)cc(N)cc1C(N)=O. The van der Waals surface area contributed by atoms with E-state index in [0.717, 1.165) is 6.26 Å². The molecule has 0 atom stereocenters. The zero-order chi connectivity index (χ0) is 13.9. The van der Waals surface area contributed by atoms with Crippen LogP contribution in [0.25, 0.3) is 0 Å². The van der Waals surface area contributed by atoms with Crippen LogP contribution in [0.15, 0.2) is 17.0 Å². The number of amides is 1. The molecule has 8 heteroatoms. The van der Waals surface area contributed by atoms with Gasteiger partial charge in [-0.1, -0.05) is 11.6 Å². The molecule has 0 saturated heterocycles. The van der Waals surface area contributed by atoms with Crippen molar-refractivity contribution < 1.29 is 13.2 Å². The number of benzene rings is 1. The Labute approximate surface area is 115 Å². The largest absolute Gasteiger partial charge is 0.399 e. The topological polar surface area (TPSA) is 103 Å². The predicted molar refractivity (Wildman–Crippen MR) is 74.8 cm³/mol. The van der Waals surface area contributed by atoms with E-state index in [-0.39, 0.29) is 11.3 Å². The fraction of sp³-hybridized carbons (Fsp3) is 0.300. The van der Waals surface area contributed by atoms with E-state index in [4.69, 9.17) is 23.1 Å². The van der Waals surface area contributed by atoms with Crippen LogP contribution in [0.2, 0.25) is 5.02 Å². The molecule has 0 bridgehead atoms. The molecule has 0 radical (unpaired) electrons. The number of carbonyl (C=O) groups is 1. The van der Waals surface area contributed by atoms with Gasteiger partial charge in [-0.25, -0.2) is 8.42 Å². The highest BCUT2D eigenvalue weighted by Gasteiger charge is 2.14. The summed E-state index contributed by atoms with van der Waals surface area (Å²) in [4.78, 5) is 11.7. The van der Waals surface area contributed by atoms with Gasteiger partial charge in [-0.2, -0.15) is 0 Å². The summed E-state index contributed by atoms with van der Waals surface area (Å²) in [6, 6.07) is 2.92. The Morgan fingerprint density at radius 2 is 2.06 bits per heavy atom. The second-order valence-electron chi connectivity index (χ2n) is 3.72. The van der Waals surface area contributed by atoms with Crippen LogP contribution in [0.5, 0.6) is 0 Å². The van der Waals surface area contributed by atoms with Crippen LogP contribution in [0.3, 0.4) is 0 Å². The van der Waals surface area contributed by atoms with E-state index in [1.54, 1.807) is 0 Å². The number of nitrogens with two attached hydrogens (primary N) is 2. The minimum absolute atomic E-state index is 0.00340. The van der Waals surface area contributed by atoms with E-state index < -0.39 is 15.7 Å². The molecule has 100 valence electrons. The van der Waals surface area contributed by atoms with Gasteiger partial charge < -0.3 is 11.5 Å². The van der Waals surface area contributed by atoms with Gasteiger partial charge in [-0.05, 0) is 12.1 Å². The number of carbonyl (C=O) groups excluding carboxylic acids is 1. The van der Waals surface area contributed by atoms with E-state index in [1.165, 1.54) is 23.9 Å². The third kappa shape index (κ3) is 4.40. The number of nitrogen functional groups attached to an aromatic ring is 1. The molecular weight excluding hydrogens is 296 g/mol. The van der Waals surface area contributed by atoms with Crippen LogP contribution < -0.4 is 11.5 Å². The Kier molecular flexibility index (Phi) is 4.89. The summed E-state index contributed by atoms with van der Waals surface area (Å²) in [6.45, 7) is 0. The molecular formula is C10H13ClN2O3S2. The Bertz CT molecular complexity index is 573. The molecule has 1 aromatic carbocycles. The lowest BCUT2D eigenvalue weighted by Gasteiger charge is -2.09. The van der Waals surface area contributed by atoms with Crippen LogP contribution in [-0.2, 0) is 9.84 Å². The van der Waals surface area contributed by atoms with Gasteiger partial charge in [-0.3, -0.25) is 4.79 Å². The number of halogens is 1. The van der Waals surface area contributed by atoms with E-state index in [0.29, 0.717) is 21.4 Å². The molecule has 1 amide bonds. The highest BCUT2D eigenvalue weighted by atomic mass is 35.5. The maximum Gasteiger partial charge on any atom is 0.249 e. The zero-order valence-corrected chi connectivity index (χ0v) is 12.0. The van der Waals surface area contributed by atoms with Gasteiger partial charge in [0.05, 0.1) is 16.3 Å². The van der Waals surface area contributed by atoms with Crippen LogP contribution in [0.1, 0.15) is 10.4 Å². The second-order valence-corrected chi connectivity index (χ2v) is 7.49. The number of anilines is 1. The number of hydrogen-bond acceptors (Lipinski definition) is 5. The molecule has 0 aromatic heterocycles. The highest BCUT2D eigenvalue weighted by Crippen LogP contribution is 2.32. The minimum Gasteiger partial charge on any atom is -0.399 e. The van der Waals surface area contributed by atoms with Crippen molar-refractivity contribution >= 4 is 44.8 Å². The lowest BCUT2D eigenvalue weighted by molar-refractivity contribution is 0.0997. The Balaban J connectivity index is 2.97. The van der Waals surface area contributed by atoms with Crippen LogP contribution in [-0.4, -0.2) is 32.1 Å². The molecule has 18 heavy (non-hydrogen) atoms. The summed E-state index contributed by atoms with van der Waals surface area (Å²) < 4.78 is 22.0. The van der Waals surface area contributed by atoms with E-state index in [9.17, 15) is 13.2 Å². The predicted octanol–water partition coefficient (Wildman–Crippen LogP) is 1.16. The van der Waals surface area contributed by atoms with Crippen molar-refractivity contribution in [3.63, 3.8) is 0 Å².